The van der Waals surface area contributed by atoms with Crippen molar-refractivity contribution in [2.75, 3.05) is 0 Å². The Morgan fingerprint density at radius 1 is 0.487 bits per heavy atom. The minimum Gasteiger partial charge on any atom is -0.309 e. The summed E-state index contributed by atoms with van der Waals surface area (Å²) in [4.78, 5) is 0. The molecule has 0 spiro atoms. The van der Waals surface area contributed by atoms with E-state index in [0.29, 0.717) is 0 Å². The van der Waals surface area contributed by atoms with Crippen LogP contribution in [0.25, 0.3) is 69.9 Å². The van der Waals surface area contributed by atoms with Crippen molar-refractivity contribution < 1.29 is 0 Å². The van der Waals surface area contributed by atoms with Gasteiger partial charge in [0, 0.05) is 41.1 Å². The fraction of sp³-hybridized carbons (Fsp3) is 0. The predicted octanol–water partition coefficient (Wildman–Crippen LogP) is 11.2. The van der Waals surface area contributed by atoms with E-state index in [2.05, 4.69) is 154 Å². The molecule has 0 unspecified atom stereocenters. The van der Waals surface area contributed by atoms with Crippen LogP contribution in [0.2, 0.25) is 0 Å². The van der Waals surface area contributed by atoms with E-state index in [4.69, 9.17) is 0 Å². The molecule has 0 aliphatic carbocycles. The van der Waals surface area contributed by atoms with Gasteiger partial charge in [0.15, 0.2) is 0 Å². The van der Waals surface area contributed by atoms with Gasteiger partial charge in [-0.1, -0.05) is 101 Å². The topological polar surface area (TPSA) is 4.93 Å². The SMILES string of the molecule is Brc1cc(-c2ccc3c4ccccc4n(-c4ccccc4)c3c2)cc(-c2cccc3c2sc2ccccc23)c1. The molecule has 0 aliphatic rings. The van der Waals surface area contributed by atoms with Crippen LogP contribution in [-0.2, 0) is 0 Å². The second-order valence-electron chi connectivity index (χ2n) is 9.93. The van der Waals surface area contributed by atoms with Crippen molar-refractivity contribution in [1.29, 1.82) is 0 Å². The quantitative estimate of drug-likeness (QED) is 0.196. The van der Waals surface area contributed by atoms with Gasteiger partial charge >= 0.3 is 0 Å². The van der Waals surface area contributed by atoms with E-state index in [1.54, 1.807) is 0 Å². The number of nitrogens with zero attached hydrogens (tertiary/aromatic N) is 1. The van der Waals surface area contributed by atoms with E-state index in [1.807, 2.05) is 11.3 Å². The smallest absolute Gasteiger partial charge is 0.0547 e. The van der Waals surface area contributed by atoms with Crippen molar-refractivity contribution in [2.45, 2.75) is 0 Å². The summed E-state index contributed by atoms with van der Waals surface area (Å²) in [5.41, 5.74) is 8.51. The summed E-state index contributed by atoms with van der Waals surface area (Å²) < 4.78 is 6.12. The Morgan fingerprint density at radius 3 is 2.10 bits per heavy atom. The molecule has 0 saturated carbocycles. The van der Waals surface area contributed by atoms with Crippen molar-refractivity contribution in [2.24, 2.45) is 0 Å². The molecule has 0 bridgehead atoms. The van der Waals surface area contributed by atoms with E-state index in [1.165, 1.54) is 69.9 Å². The van der Waals surface area contributed by atoms with Crippen LogP contribution in [0.5, 0.6) is 0 Å². The highest BCUT2D eigenvalue weighted by molar-refractivity contribution is 9.10. The number of halogens is 1. The lowest BCUT2D eigenvalue weighted by Gasteiger charge is -2.11. The largest absolute Gasteiger partial charge is 0.309 e. The average Bonchev–Trinajstić information content (AvgIpc) is 3.53. The van der Waals surface area contributed by atoms with Crippen LogP contribution in [0, 0.1) is 0 Å². The fourth-order valence-electron chi connectivity index (χ4n) is 5.89. The predicted molar refractivity (Wildman–Crippen MR) is 172 cm³/mol. The number of hydrogen-bond acceptors (Lipinski definition) is 1. The van der Waals surface area contributed by atoms with Gasteiger partial charge in [0.2, 0.25) is 0 Å². The molecule has 2 aromatic heterocycles. The molecule has 0 amide bonds. The summed E-state index contributed by atoms with van der Waals surface area (Å²) in [5, 5.41) is 5.19. The lowest BCUT2D eigenvalue weighted by atomic mass is 9.97. The van der Waals surface area contributed by atoms with E-state index < -0.39 is 0 Å². The van der Waals surface area contributed by atoms with Crippen LogP contribution < -0.4 is 0 Å². The maximum atomic E-state index is 3.83. The molecular formula is C36H22BrNS. The Kier molecular flexibility index (Phi) is 5.22. The van der Waals surface area contributed by atoms with Crippen LogP contribution in [0.1, 0.15) is 0 Å². The molecule has 0 saturated heterocycles. The van der Waals surface area contributed by atoms with Crippen LogP contribution in [0.3, 0.4) is 0 Å². The lowest BCUT2D eigenvalue weighted by molar-refractivity contribution is 1.18. The van der Waals surface area contributed by atoms with Crippen LogP contribution in [0.4, 0.5) is 0 Å². The molecule has 0 N–H and O–H groups in total. The third-order valence-corrected chi connectivity index (χ3v) is 9.31. The first-order chi connectivity index (χ1) is 19.2. The van der Waals surface area contributed by atoms with Gasteiger partial charge < -0.3 is 4.57 Å². The standard InChI is InChI=1S/C36H22BrNS/c37-26-20-24(19-25(21-26)28-13-8-14-32-31-12-5-7-16-35(31)39-36(28)32)23-17-18-30-29-11-4-6-15-33(29)38(34(30)22-23)27-9-2-1-3-10-27/h1-22H. The van der Waals surface area contributed by atoms with Gasteiger partial charge in [0.1, 0.15) is 0 Å². The second-order valence-corrected chi connectivity index (χ2v) is 11.9. The first-order valence-corrected chi connectivity index (χ1v) is 14.7. The number of fused-ring (bicyclic) bond motifs is 6. The van der Waals surface area contributed by atoms with Crippen LogP contribution in [0.15, 0.2) is 138 Å². The second kappa shape index (κ2) is 8.94. The van der Waals surface area contributed by atoms with Crippen LogP contribution in [-0.4, -0.2) is 4.57 Å². The van der Waals surface area contributed by atoms with E-state index in [0.717, 1.165) is 4.47 Å². The van der Waals surface area contributed by atoms with Crippen molar-refractivity contribution >= 4 is 69.2 Å². The molecule has 0 aliphatic heterocycles. The third kappa shape index (κ3) is 3.65. The van der Waals surface area contributed by atoms with E-state index >= 15 is 0 Å². The maximum Gasteiger partial charge on any atom is 0.0547 e. The summed E-state index contributed by atoms with van der Waals surface area (Å²) in [6.45, 7) is 0. The number of rotatable bonds is 3. The molecule has 3 heteroatoms. The molecule has 39 heavy (non-hydrogen) atoms. The molecule has 1 nitrogen and oxygen atoms in total. The number of para-hydroxylation sites is 2. The summed E-state index contributed by atoms with van der Waals surface area (Å²) >= 11 is 5.71. The van der Waals surface area contributed by atoms with E-state index in [-0.39, 0.29) is 0 Å². The minimum atomic E-state index is 1.08. The summed E-state index contributed by atoms with van der Waals surface area (Å²) in [5.74, 6) is 0. The molecule has 0 atom stereocenters. The molecule has 0 radical (unpaired) electrons. The molecule has 2 heterocycles. The Hall–Kier alpha value is -4.18. The number of hydrogen-bond donors (Lipinski definition) is 0. The van der Waals surface area contributed by atoms with Gasteiger partial charge in [-0.3, -0.25) is 0 Å². The molecular weight excluding hydrogens is 558 g/mol. The monoisotopic (exact) mass is 579 g/mol. The highest BCUT2D eigenvalue weighted by Gasteiger charge is 2.15. The third-order valence-electron chi connectivity index (χ3n) is 7.63. The Balaban J connectivity index is 1.35. The minimum absolute atomic E-state index is 1.08. The summed E-state index contributed by atoms with van der Waals surface area (Å²) in [6, 6.07) is 48.4. The Labute approximate surface area is 238 Å². The molecule has 184 valence electrons. The van der Waals surface area contributed by atoms with Gasteiger partial charge in [0.25, 0.3) is 0 Å². The normalized spacial score (nSPS) is 11.7. The van der Waals surface area contributed by atoms with Gasteiger partial charge in [0.05, 0.1) is 11.0 Å². The highest BCUT2D eigenvalue weighted by atomic mass is 79.9. The van der Waals surface area contributed by atoms with Crippen molar-refractivity contribution in [3.8, 4) is 27.9 Å². The number of thiophene rings is 1. The molecule has 0 fully saturated rings. The van der Waals surface area contributed by atoms with Gasteiger partial charge in [-0.2, -0.15) is 0 Å². The maximum absolute atomic E-state index is 3.83. The number of benzene rings is 6. The number of aromatic nitrogens is 1. The van der Waals surface area contributed by atoms with Crippen molar-refractivity contribution in [1.82, 2.24) is 4.57 Å². The molecule has 8 rings (SSSR count). The zero-order valence-electron chi connectivity index (χ0n) is 20.9. The first-order valence-electron chi connectivity index (χ1n) is 13.0. The van der Waals surface area contributed by atoms with Crippen LogP contribution >= 0.6 is 27.3 Å². The van der Waals surface area contributed by atoms with Gasteiger partial charge in [-0.25, -0.2) is 0 Å². The first kappa shape index (κ1) is 22.8. The highest BCUT2D eigenvalue weighted by Crippen LogP contribution is 2.42. The molecule has 8 aromatic rings. The zero-order chi connectivity index (χ0) is 25.9. The Bertz CT molecular complexity index is 2190. The fourth-order valence-corrected chi connectivity index (χ4v) is 7.62. The van der Waals surface area contributed by atoms with Gasteiger partial charge in [-0.05, 0) is 70.8 Å². The van der Waals surface area contributed by atoms with Crippen molar-refractivity contribution in [3.63, 3.8) is 0 Å². The van der Waals surface area contributed by atoms with Crippen molar-refractivity contribution in [3.05, 3.63) is 138 Å². The average molecular weight is 581 g/mol. The van der Waals surface area contributed by atoms with Gasteiger partial charge in [-0.15, -0.1) is 11.3 Å². The van der Waals surface area contributed by atoms with E-state index in [9.17, 15) is 0 Å². The lowest BCUT2D eigenvalue weighted by Crippen LogP contribution is -1.93. The summed E-state index contributed by atoms with van der Waals surface area (Å²) in [6.07, 6.45) is 0. The molecule has 6 aromatic carbocycles. The zero-order valence-corrected chi connectivity index (χ0v) is 23.3. The summed E-state index contributed by atoms with van der Waals surface area (Å²) in [7, 11) is 0. The Morgan fingerprint density at radius 2 is 1.21 bits per heavy atom.